The minimum atomic E-state index is -4.82. The third kappa shape index (κ3) is 3.16. The van der Waals surface area contributed by atoms with Crippen LogP contribution in [0.15, 0.2) is 11.2 Å². The Bertz CT molecular complexity index is 556. The van der Waals surface area contributed by atoms with Crippen molar-refractivity contribution in [3.05, 3.63) is 28.6 Å². The van der Waals surface area contributed by atoms with E-state index in [1.165, 1.54) is 13.8 Å². The summed E-state index contributed by atoms with van der Waals surface area (Å²) in [5.74, 6) is -1.63. The predicted octanol–water partition coefficient (Wildman–Crippen LogP) is 1.68. The molecule has 0 saturated carbocycles. The largest absolute Gasteiger partial charge is 0.462 e. The molecule has 0 spiro atoms. The first-order valence-electron chi connectivity index (χ1n) is 5.46. The van der Waals surface area contributed by atoms with Gasteiger partial charge < -0.3 is 15.7 Å². The summed E-state index contributed by atoms with van der Waals surface area (Å²) in [6.45, 7) is 2.61. The summed E-state index contributed by atoms with van der Waals surface area (Å²) < 4.78 is 43.1. The molecule has 1 aromatic heterocycles. The number of carbonyl (C=O) groups excluding carboxylic acids is 1. The van der Waals surface area contributed by atoms with E-state index in [4.69, 9.17) is 10.9 Å². The first kappa shape index (κ1) is 15.7. The summed E-state index contributed by atoms with van der Waals surface area (Å²) in [6.07, 6.45) is -4.82. The number of pyridine rings is 1. The van der Waals surface area contributed by atoms with Gasteiger partial charge in [-0.15, -0.1) is 0 Å². The molecule has 0 fully saturated rings. The number of esters is 1. The molecule has 9 heteroatoms. The molecule has 3 N–H and O–H groups in total. The first-order valence-corrected chi connectivity index (χ1v) is 5.46. The van der Waals surface area contributed by atoms with E-state index in [0.717, 1.165) is 6.07 Å². The lowest BCUT2D eigenvalue weighted by atomic mass is 10.1. The Kier molecular flexibility index (Phi) is 4.53. The Morgan fingerprint density at radius 3 is 2.55 bits per heavy atom. The highest BCUT2D eigenvalue weighted by atomic mass is 19.4. The maximum Gasteiger partial charge on any atom is 0.434 e. The predicted molar refractivity (Wildman–Crippen MR) is 62.4 cm³/mol. The highest BCUT2D eigenvalue weighted by Crippen LogP contribution is 2.32. The quantitative estimate of drug-likeness (QED) is 0.290. The lowest BCUT2D eigenvalue weighted by molar-refractivity contribution is -0.141. The van der Waals surface area contributed by atoms with Crippen LogP contribution in [0.25, 0.3) is 0 Å². The lowest BCUT2D eigenvalue weighted by Gasteiger charge is -2.14. The number of rotatable bonds is 3. The molecule has 110 valence electrons. The number of nitrogens with zero attached hydrogens (tertiary/aromatic N) is 2. The molecule has 0 aliphatic carbocycles. The average Bonchev–Trinajstić information content (AvgIpc) is 2.36. The van der Waals surface area contributed by atoms with Crippen LogP contribution in [-0.2, 0) is 10.9 Å². The van der Waals surface area contributed by atoms with Crippen LogP contribution in [0.1, 0.15) is 34.2 Å². The summed E-state index contributed by atoms with van der Waals surface area (Å²) in [5, 5.41) is 11.3. The Morgan fingerprint density at radius 1 is 1.50 bits per heavy atom. The maximum atomic E-state index is 12.9. The van der Waals surface area contributed by atoms with Crippen molar-refractivity contribution in [2.45, 2.75) is 20.0 Å². The van der Waals surface area contributed by atoms with Crippen LogP contribution in [0.2, 0.25) is 0 Å². The molecule has 0 bridgehead atoms. The van der Waals surface area contributed by atoms with Crippen molar-refractivity contribution in [1.29, 1.82) is 0 Å². The summed E-state index contributed by atoms with van der Waals surface area (Å²) in [7, 11) is 0. The van der Waals surface area contributed by atoms with E-state index in [2.05, 4.69) is 14.9 Å². The van der Waals surface area contributed by atoms with Crippen LogP contribution in [0.4, 0.5) is 13.2 Å². The van der Waals surface area contributed by atoms with Crippen LogP contribution in [0, 0.1) is 6.92 Å². The van der Waals surface area contributed by atoms with Crippen LogP contribution < -0.4 is 5.73 Å². The van der Waals surface area contributed by atoms with Gasteiger partial charge in [-0.2, -0.15) is 13.2 Å². The van der Waals surface area contributed by atoms with Gasteiger partial charge in [0.05, 0.1) is 12.2 Å². The van der Waals surface area contributed by atoms with Crippen LogP contribution in [0.5, 0.6) is 0 Å². The minimum absolute atomic E-state index is 0.0800. The zero-order valence-electron chi connectivity index (χ0n) is 10.7. The van der Waals surface area contributed by atoms with Crippen molar-refractivity contribution < 1.29 is 27.9 Å². The number of hydrogen-bond acceptors (Lipinski definition) is 5. The number of alkyl halides is 3. The van der Waals surface area contributed by atoms with E-state index < -0.39 is 29.2 Å². The summed E-state index contributed by atoms with van der Waals surface area (Å²) in [5.41, 5.74) is 2.96. The topological polar surface area (TPSA) is 97.8 Å². The van der Waals surface area contributed by atoms with Crippen molar-refractivity contribution in [1.82, 2.24) is 4.98 Å². The van der Waals surface area contributed by atoms with E-state index in [1.807, 2.05) is 0 Å². The van der Waals surface area contributed by atoms with Crippen LogP contribution >= 0.6 is 0 Å². The van der Waals surface area contributed by atoms with Gasteiger partial charge >= 0.3 is 12.1 Å². The normalized spacial score (nSPS) is 12.3. The number of aromatic nitrogens is 1. The zero-order valence-corrected chi connectivity index (χ0v) is 10.7. The second-order valence-electron chi connectivity index (χ2n) is 3.72. The highest BCUT2D eigenvalue weighted by molar-refractivity contribution is 6.01. The summed E-state index contributed by atoms with van der Waals surface area (Å²) in [4.78, 5) is 14.9. The van der Waals surface area contributed by atoms with E-state index in [9.17, 15) is 18.0 Å². The molecule has 0 atom stereocenters. The molecule has 0 unspecified atom stereocenters. The van der Waals surface area contributed by atoms with E-state index >= 15 is 0 Å². The number of hydrogen-bond donors (Lipinski definition) is 2. The fourth-order valence-electron chi connectivity index (χ4n) is 1.50. The molecule has 0 amide bonds. The third-order valence-corrected chi connectivity index (χ3v) is 2.36. The second-order valence-corrected chi connectivity index (χ2v) is 3.72. The van der Waals surface area contributed by atoms with Gasteiger partial charge in [-0.05, 0) is 19.9 Å². The van der Waals surface area contributed by atoms with Crippen LogP contribution in [-0.4, -0.2) is 28.6 Å². The van der Waals surface area contributed by atoms with Gasteiger partial charge in [0.2, 0.25) is 0 Å². The van der Waals surface area contributed by atoms with E-state index in [-0.39, 0.29) is 17.9 Å². The molecule has 20 heavy (non-hydrogen) atoms. The van der Waals surface area contributed by atoms with Crippen molar-refractivity contribution in [2.24, 2.45) is 10.9 Å². The molecule has 0 radical (unpaired) electrons. The van der Waals surface area contributed by atoms with Gasteiger partial charge in [-0.3, -0.25) is 0 Å². The smallest absolute Gasteiger partial charge is 0.434 e. The van der Waals surface area contributed by atoms with Crippen molar-refractivity contribution in [3.63, 3.8) is 0 Å². The number of carbonyl (C=O) groups is 1. The number of nitrogens with two attached hydrogens (primary N) is 1. The summed E-state index contributed by atoms with van der Waals surface area (Å²) >= 11 is 0. The van der Waals surface area contributed by atoms with Gasteiger partial charge in [-0.1, -0.05) is 5.16 Å². The number of amidine groups is 1. The number of ether oxygens (including phenoxy) is 1. The van der Waals surface area contributed by atoms with E-state index in [1.54, 1.807) is 0 Å². The molecular formula is C11H12F3N3O3. The molecule has 1 heterocycles. The molecular weight excluding hydrogens is 279 g/mol. The Morgan fingerprint density at radius 2 is 2.10 bits per heavy atom. The Balaban J connectivity index is 3.54. The molecule has 0 aliphatic heterocycles. The van der Waals surface area contributed by atoms with E-state index in [0.29, 0.717) is 0 Å². The monoisotopic (exact) mass is 291 g/mol. The summed E-state index contributed by atoms with van der Waals surface area (Å²) in [6, 6.07) is 0.845. The van der Waals surface area contributed by atoms with Crippen molar-refractivity contribution in [3.8, 4) is 0 Å². The standard InChI is InChI=1S/C11H12F3N3O3/c1-3-20-10(18)7-4-6(9(15)17-19)5(2)16-8(7)11(12,13)14/h4,19H,3H2,1-2H3,(H2,15,17). The average molecular weight is 291 g/mol. The van der Waals surface area contributed by atoms with Gasteiger partial charge in [0.15, 0.2) is 11.5 Å². The van der Waals surface area contributed by atoms with Gasteiger partial charge in [0.25, 0.3) is 0 Å². The number of oxime groups is 1. The molecule has 0 aromatic carbocycles. The SMILES string of the molecule is CCOC(=O)c1cc(/C(N)=N/O)c(C)nc1C(F)(F)F. The van der Waals surface area contributed by atoms with Gasteiger partial charge in [0, 0.05) is 11.3 Å². The van der Waals surface area contributed by atoms with Gasteiger partial charge in [0.1, 0.15) is 0 Å². The molecule has 0 aliphatic rings. The first-order chi connectivity index (χ1) is 9.22. The fraction of sp³-hybridized carbons (Fsp3) is 0.364. The number of aryl methyl sites for hydroxylation is 1. The van der Waals surface area contributed by atoms with Crippen LogP contribution in [0.3, 0.4) is 0 Å². The fourth-order valence-corrected chi connectivity index (χ4v) is 1.50. The second kappa shape index (κ2) is 5.76. The van der Waals surface area contributed by atoms with Crippen molar-refractivity contribution >= 4 is 11.8 Å². The Labute approximate surface area is 112 Å². The lowest BCUT2D eigenvalue weighted by Crippen LogP contribution is -2.22. The van der Waals surface area contributed by atoms with Crippen molar-refractivity contribution in [2.75, 3.05) is 6.61 Å². The highest BCUT2D eigenvalue weighted by Gasteiger charge is 2.38. The van der Waals surface area contributed by atoms with Gasteiger partial charge in [-0.25, -0.2) is 9.78 Å². The zero-order chi connectivity index (χ0) is 15.5. The molecule has 1 rings (SSSR count). The third-order valence-electron chi connectivity index (χ3n) is 2.36. The number of halogens is 3. The molecule has 1 aromatic rings. The molecule has 0 saturated heterocycles. The minimum Gasteiger partial charge on any atom is -0.462 e. The Hall–Kier alpha value is -2.32. The maximum absolute atomic E-state index is 12.9. The molecule has 6 nitrogen and oxygen atoms in total.